The molecule has 1 unspecified atom stereocenters. The summed E-state index contributed by atoms with van der Waals surface area (Å²) in [5.41, 5.74) is 4.05. The molecule has 0 aliphatic carbocycles. The lowest BCUT2D eigenvalue weighted by Gasteiger charge is -2.36. The lowest BCUT2D eigenvalue weighted by Crippen LogP contribution is -2.52. The first-order valence-corrected chi connectivity index (χ1v) is 9.16. The number of likely N-dealkylation sites (tertiary alicyclic amines) is 1. The summed E-state index contributed by atoms with van der Waals surface area (Å²) in [5.74, 6) is -0.277. The molecule has 1 fully saturated rings. The second-order valence-electron chi connectivity index (χ2n) is 7.74. The van der Waals surface area contributed by atoms with Crippen molar-refractivity contribution in [2.45, 2.75) is 51.5 Å². The molecule has 0 radical (unpaired) electrons. The molecule has 0 aromatic heterocycles. The average molecular weight is 375 g/mol. The molecule has 2 heterocycles. The van der Waals surface area contributed by atoms with E-state index in [2.05, 4.69) is 25.7 Å². The standard InChI is InChI=1S/C19H26FN5O2/c1-19(2,3)27-18(26)22-15-8-10-25(11-9-15)17-23-16(12-21-24-17)13-4-6-14(20)7-5-13/h4-7,12,15,17,24H,8-11H2,1-3H3,(H,22,26). The Hall–Kier alpha value is -2.48. The Morgan fingerprint density at radius 3 is 2.56 bits per heavy atom. The highest BCUT2D eigenvalue weighted by Crippen LogP contribution is 2.16. The molecule has 3 rings (SSSR count). The largest absolute Gasteiger partial charge is 0.444 e. The lowest BCUT2D eigenvalue weighted by molar-refractivity contribution is 0.0463. The third-order valence-corrected chi connectivity index (χ3v) is 4.37. The minimum atomic E-state index is -0.500. The van der Waals surface area contributed by atoms with E-state index in [1.165, 1.54) is 12.1 Å². The molecule has 1 saturated heterocycles. The maximum absolute atomic E-state index is 13.1. The van der Waals surface area contributed by atoms with E-state index in [-0.39, 0.29) is 24.2 Å². The van der Waals surface area contributed by atoms with Crippen molar-refractivity contribution in [3.63, 3.8) is 0 Å². The number of halogens is 1. The van der Waals surface area contributed by atoms with E-state index in [0.717, 1.165) is 31.5 Å². The SMILES string of the molecule is CC(C)(C)OC(=O)NC1CCN(C2N=C(c3ccc(F)cc3)C=NN2)CC1. The summed E-state index contributed by atoms with van der Waals surface area (Å²) in [7, 11) is 0. The van der Waals surface area contributed by atoms with Crippen LogP contribution >= 0.6 is 0 Å². The highest BCUT2D eigenvalue weighted by atomic mass is 19.1. The van der Waals surface area contributed by atoms with Crippen molar-refractivity contribution in [3.05, 3.63) is 35.6 Å². The zero-order valence-corrected chi connectivity index (χ0v) is 15.9. The maximum Gasteiger partial charge on any atom is 0.407 e. The molecule has 1 aromatic carbocycles. The summed E-state index contributed by atoms with van der Waals surface area (Å²) in [6.07, 6.45) is 2.61. The molecule has 146 valence electrons. The number of hydrazone groups is 1. The first-order valence-electron chi connectivity index (χ1n) is 9.16. The van der Waals surface area contributed by atoms with Gasteiger partial charge in [0.15, 0.2) is 6.29 Å². The molecule has 8 heteroatoms. The molecular weight excluding hydrogens is 349 g/mol. The van der Waals surface area contributed by atoms with Crippen LogP contribution in [0.25, 0.3) is 0 Å². The second-order valence-corrected chi connectivity index (χ2v) is 7.74. The number of nitrogens with zero attached hydrogens (tertiary/aromatic N) is 3. The number of carbonyl (C=O) groups is 1. The predicted molar refractivity (Wildman–Crippen MR) is 102 cm³/mol. The Balaban J connectivity index is 1.54. The van der Waals surface area contributed by atoms with Gasteiger partial charge in [-0.05, 0) is 57.9 Å². The van der Waals surface area contributed by atoms with Crippen molar-refractivity contribution in [2.24, 2.45) is 10.1 Å². The van der Waals surface area contributed by atoms with Gasteiger partial charge in [0.2, 0.25) is 0 Å². The number of rotatable bonds is 3. The lowest BCUT2D eigenvalue weighted by atomic mass is 10.1. The van der Waals surface area contributed by atoms with Crippen LogP contribution in [0.4, 0.5) is 9.18 Å². The van der Waals surface area contributed by atoms with Crippen LogP contribution in [0, 0.1) is 5.82 Å². The van der Waals surface area contributed by atoms with Gasteiger partial charge in [-0.2, -0.15) is 5.10 Å². The third-order valence-electron chi connectivity index (χ3n) is 4.37. The molecule has 2 aliphatic rings. The van der Waals surface area contributed by atoms with E-state index in [0.29, 0.717) is 5.71 Å². The zero-order valence-electron chi connectivity index (χ0n) is 15.9. The minimum absolute atomic E-state index is 0.0868. The zero-order chi connectivity index (χ0) is 19.4. The molecule has 1 atom stereocenters. The summed E-state index contributed by atoms with van der Waals surface area (Å²) < 4.78 is 18.4. The molecule has 2 N–H and O–H groups in total. The molecule has 0 saturated carbocycles. The van der Waals surface area contributed by atoms with Crippen molar-refractivity contribution in [1.29, 1.82) is 0 Å². The summed E-state index contributed by atoms with van der Waals surface area (Å²) in [6, 6.07) is 6.30. The number of carbonyl (C=O) groups excluding carboxylic acids is 1. The smallest absolute Gasteiger partial charge is 0.407 e. The van der Waals surface area contributed by atoms with Crippen LogP contribution in [-0.2, 0) is 4.74 Å². The van der Waals surface area contributed by atoms with Gasteiger partial charge in [-0.3, -0.25) is 10.3 Å². The van der Waals surface area contributed by atoms with Gasteiger partial charge in [-0.25, -0.2) is 14.2 Å². The number of amides is 1. The molecular formula is C19H26FN5O2. The van der Waals surface area contributed by atoms with Crippen LogP contribution in [0.15, 0.2) is 34.4 Å². The molecule has 2 aliphatic heterocycles. The quantitative estimate of drug-likeness (QED) is 0.851. The van der Waals surface area contributed by atoms with Gasteiger partial charge in [0, 0.05) is 24.7 Å². The van der Waals surface area contributed by atoms with Gasteiger partial charge in [0.1, 0.15) is 11.4 Å². The highest BCUT2D eigenvalue weighted by molar-refractivity contribution is 6.38. The molecule has 1 amide bonds. The first kappa shape index (κ1) is 19.3. The Bertz CT molecular complexity index is 719. The van der Waals surface area contributed by atoms with Gasteiger partial charge < -0.3 is 10.1 Å². The van der Waals surface area contributed by atoms with Gasteiger partial charge in [0.25, 0.3) is 0 Å². The second kappa shape index (κ2) is 8.04. The number of piperidine rings is 1. The van der Waals surface area contributed by atoms with Gasteiger partial charge >= 0.3 is 6.09 Å². The van der Waals surface area contributed by atoms with E-state index in [1.807, 2.05) is 20.8 Å². The Kier molecular flexibility index (Phi) is 5.74. The summed E-state index contributed by atoms with van der Waals surface area (Å²) in [4.78, 5) is 18.8. The van der Waals surface area contributed by atoms with Crippen molar-refractivity contribution in [1.82, 2.24) is 15.6 Å². The number of ether oxygens (including phenoxy) is 1. The third kappa shape index (κ3) is 5.50. The topological polar surface area (TPSA) is 78.3 Å². The fraction of sp³-hybridized carbons (Fsp3) is 0.526. The van der Waals surface area contributed by atoms with Crippen LogP contribution in [0.5, 0.6) is 0 Å². The van der Waals surface area contributed by atoms with Crippen LogP contribution < -0.4 is 10.7 Å². The van der Waals surface area contributed by atoms with Crippen LogP contribution in [-0.4, -0.2) is 53.9 Å². The van der Waals surface area contributed by atoms with Gasteiger partial charge in [-0.15, -0.1) is 0 Å². The number of hydrogen-bond acceptors (Lipinski definition) is 6. The van der Waals surface area contributed by atoms with Gasteiger partial charge in [-0.1, -0.05) is 0 Å². The number of nitrogens with one attached hydrogen (secondary N) is 2. The Morgan fingerprint density at radius 2 is 1.93 bits per heavy atom. The average Bonchev–Trinajstić information content (AvgIpc) is 2.61. The van der Waals surface area contributed by atoms with E-state index in [9.17, 15) is 9.18 Å². The van der Waals surface area contributed by atoms with Gasteiger partial charge in [0.05, 0.1) is 11.9 Å². The Labute approximate surface area is 158 Å². The number of hydrogen-bond donors (Lipinski definition) is 2. The molecule has 0 bridgehead atoms. The van der Waals surface area contributed by atoms with E-state index in [4.69, 9.17) is 4.74 Å². The van der Waals surface area contributed by atoms with Crippen molar-refractivity contribution in [2.75, 3.05) is 13.1 Å². The predicted octanol–water partition coefficient (Wildman–Crippen LogP) is 2.48. The fourth-order valence-corrected chi connectivity index (χ4v) is 3.05. The van der Waals surface area contributed by atoms with Crippen LogP contribution in [0.1, 0.15) is 39.2 Å². The molecule has 0 spiro atoms. The maximum atomic E-state index is 13.1. The van der Waals surface area contributed by atoms with Crippen LogP contribution in [0.2, 0.25) is 0 Å². The van der Waals surface area contributed by atoms with Crippen molar-refractivity contribution >= 4 is 18.0 Å². The first-order chi connectivity index (χ1) is 12.8. The molecule has 1 aromatic rings. The minimum Gasteiger partial charge on any atom is -0.444 e. The molecule has 7 nitrogen and oxygen atoms in total. The van der Waals surface area contributed by atoms with E-state index < -0.39 is 5.60 Å². The highest BCUT2D eigenvalue weighted by Gasteiger charge is 2.28. The summed E-state index contributed by atoms with van der Waals surface area (Å²) in [6.45, 7) is 7.09. The van der Waals surface area contributed by atoms with E-state index in [1.54, 1.807) is 18.3 Å². The normalized spacial score (nSPS) is 21.3. The summed E-state index contributed by atoms with van der Waals surface area (Å²) >= 11 is 0. The number of benzene rings is 1. The van der Waals surface area contributed by atoms with Crippen molar-refractivity contribution < 1.29 is 13.9 Å². The molecule has 27 heavy (non-hydrogen) atoms. The number of aliphatic imine (C=N–C) groups is 1. The van der Waals surface area contributed by atoms with E-state index >= 15 is 0 Å². The summed E-state index contributed by atoms with van der Waals surface area (Å²) in [5, 5.41) is 7.12. The van der Waals surface area contributed by atoms with Crippen LogP contribution in [0.3, 0.4) is 0 Å². The Morgan fingerprint density at radius 1 is 1.26 bits per heavy atom. The van der Waals surface area contributed by atoms with Crippen molar-refractivity contribution in [3.8, 4) is 0 Å². The monoisotopic (exact) mass is 375 g/mol. The fourth-order valence-electron chi connectivity index (χ4n) is 3.05. The number of alkyl carbamates (subject to hydrolysis) is 1.